The first-order chi connectivity index (χ1) is 10.9. The highest BCUT2D eigenvalue weighted by Gasteiger charge is 2.59. The van der Waals surface area contributed by atoms with Gasteiger partial charge in [-0.15, -0.1) is 0 Å². The molecule has 128 valence electrons. The Labute approximate surface area is 142 Å². The monoisotopic (exact) mass is 314 g/mol. The van der Waals surface area contributed by atoms with Crippen LogP contribution in [0, 0.1) is 40.4 Å². The third-order valence-electron chi connectivity index (χ3n) is 8.84. The van der Waals surface area contributed by atoms with Crippen molar-refractivity contribution in [2.75, 3.05) is 0 Å². The molecule has 1 nitrogen and oxygen atoms in total. The number of carbonyl (C=O) groups is 1. The Morgan fingerprint density at radius 1 is 1.00 bits per heavy atom. The Balaban J connectivity index is 1.66. The Kier molecular flexibility index (Phi) is 3.60. The molecule has 3 unspecified atom stereocenters. The maximum absolute atomic E-state index is 11.9. The molecule has 0 aromatic heterocycles. The highest BCUT2D eigenvalue weighted by Crippen LogP contribution is 2.67. The molecule has 0 spiro atoms. The van der Waals surface area contributed by atoms with Gasteiger partial charge < -0.3 is 0 Å². The van der Waals surface area contributed by atoms with Crippen LogP contribution in [0.4, 0.5) is 0 Å². The van der Waals surface area contributed by atoms with E-state index < -0.39 is 0 Å². The van der Waals surface area contributed by atoms with E-state index in [0.29, 0.717) is 16.6 Å². The number of allylic oxidation sites excluding steroid dienone is 1. The average Bonchev–Trinajstić information content (AvgIpc) is 2.85. The third kappa shape index (κ3) is 2.14. The Morgan fingerprint density at radius 3 is 2.52 bits per heavy atom. The van der Waals surface area contributed by atoms with Gasteiger partial charge in [0, 0.05) is 6.42 Å². The van der Waals surface area contributed by atoms with Crippen molar-refractivity contribution >= 4 is 5.78 Å². The lowest BCUT2D eigenvalue weighted by Crippen LogP contribution is -2.50. The van der Waals surface area contributed by atoms with Crippen molar-refractivity contribution in [1.29, 1.82) is 0 Å². The zero-order valence-electron chi connectivity index (χ0n) is 15.5. The third-order valence-corrected chi connectivity index (χ3v) is 8.84. The molecule has 0 aliphatic heterocycles. The second kappa shape index (κ2) is 5.20. The highest BCUT2D eigenvalue weighted by atomic mass is 16.1. The van der Waals surface area contributed by atoms with Crippen molar-refractivity contribution in [1.82, 2.24) is 0 Å². The number of hydrogen-bond acceptors (Lipinski definition) is 1. The molecular formula is C22H34O. The van der Waals surface area contributed by atoms with Gasteiger partial charge in [-0.3, -0.25) is 4.79 Å². The van der Waals surface area contributed by atoms with Gasteiger partial charge in [0.1, 0.15) is 0 Å². The summed E-state index contributed by atoms with van der Waals surface area (Å²) in [7, 11) is 0. The summed E-state index contributed by atoms with van der Waals surface area (Å²) in [6, 6.07) is 0. The van der Waals surface area contributed by atoms with Crippen molar-refractivity contribution in [3.05, 3.63) is 11.6 Å². The van der Waals surface area contributed by atoms with Crippen LogP contribution in [-0.2, 0) is 4.79 Å². The maximum Gasteiger partial charge on any atom is 0.155 e. The lowest BCUT2D eigenvalue weighted by Gasteiger charge is -2.58. The standard InChI is InChI=1S/C22H34O/c1-14(2)18-7-8-19-17-6-5-15-13-16(23)9-11-21(15,3)20(17)10-12-22(18,19)4/h13-14,17-20H,5-12H2,1-4H3/t17?,18-,19?,20?,21+,22-/m1/s1. The van der Waals surface area contributed by atoms with E-state index in [9.17, 15) is 4.79 Å². The van der Waals surface area contributed by atoms with E-state index in [1.807, 2.05) is 6.08 Å². The Hall–Kier alpha value is -0.590. The minimum atomic E-state index is 0.341. The van der Waals surface area contributed by atoms with E-state index in [2.05, 4.69) is 27.7 Å². The average molecular weight is 315 g/mol. The number of ketones is 1. The van der Waals surface area contributed by atoms with Crippen molar-refractivity contribution in [2.45, 2.75) is 79.1 Å². The number of fused-ring (bicyclic) bond motifs is 5. The van der Waals surface area contributed by atoms with Gasteiger partial charge in [0.2, 0.25) is 0 Å². The zero-order valence-corrected chi connectivity index (χ0v) is 15.5. The van der Waals surface area contributed by atoms with Crippen molar-refractivity contribution < 1.29 is 4.79 Å². The Morgan fingerprint density at radius 2 is 1.78 bits per heavy atom. The molecule has 0 radical (unpaired) electrons. The first-order valence-corrected chi connectivity index (χ1v) is 10.1. The van der Waals surface area contributed by atoms with Crippen molar-refractivity contribution in [3.8, 4) is 0 Å². The molecule has 0 bridgehead atoms. The molecule has 4 aliphatic rings. The summed E-state index contributed by atoms with van der Waals surface area (Å²) in [5.41, 5.74) is 2.45. The minimum absolute atomic E-state index is 0.341. The van der Waals surface area contributed by atoms with Gasteiger partial charge in [-0.2, -0.15) is 0 Å². The fraction of sp³-hybridized carbons (Fsp3) is 0.864. The van der Waals surface area contributed by atoms with Crippen molar-refractivity contribution in [2.24, 2.45) is 40.4 Å². The molecule has 4 aliphatic carbocycles. The molecule has 3 fully saturated rings. The molecule has 0 aromatic carbocycles. The largest absolute Gasteiger partial charge is 0.295 e. The van der Waals surface area contributed by atoms with Crippen LogP contribution in [-0.4, -0.2) is 5.78 Å². The normalized spacial score (nSPS) is 49.4. The highest BCUT2D eigenvalue weighted by molar-refractivity contribution is 5.91. The first kappa shape index (κ1) is 15.9. The summed E-state index contributed by atoms with van der Waals surface area (Å²) < 4.78 is 0. The van der Waals surface area contributed by atoms with Crippen LogP contribution < -0.4 is 0 Å². The van der Waals surface area contributed by atoms with Crippen LogP contribution >= 0.6 is 0 Å². The van der Waals surface area contributed by atoms with Crippen LogP contribution in [0.15, 0.2) is 11.6 Å². The number of carbonyl (C=O) groups excluding carboxylic acids is 1. The summed E-state index contributed by atoms with van der Waals surface area (Å²) in [6.07, 6.45) is 12.3. The van der Waals surface area contributed by atoms with Crippen LogP contribution in [0.2, 0.25) is 0 Å². The fourth-order valence-electron chi connectivity index (χ4n) is 7.69. The molecule has 1 heteroatoms. The van der Waals surface area contributed by atoms with E-state index >= 15 is 0 Å². The topological polar surface area (TPSA) is 17.1 Å². The van der Waals surface area contributed by atoms with E-state index in [1.54, 1.807) is 0 Å². The van der Waals surface area contributed by atoms with Crippen LogP contribution in [0.3, 0.4) is 0 Å². The zero-order chi connectivity index (χ0) is 16.4. The van der Waals surface area contributed by atoms with E-state index in [-0.39, 0.29) is 0 Å². The summed E-state index contributed by atoms with van der Waals surface area (Å²) in [4.78, 5) is 11.9. The SMILES string of the molecule is CC(C)[C@H]1CCC2C3CCC4=CC(=O)CC[C@]4(C)C3CC[C@@]21C. The summed E-state index contributed by atoms with van der Waals surface area (Å²) in [5, 5.41) is 0. The van der Waals surface area contributed by atoms with Crippen LogP contribution in [0.25, 0.3) is 0 Å². The van der Waals surface area contributed by atoms with Crippen LogP contribution in [0.5, 0.6) is 0 Å². The smallest absolute Gasteiger partial charge is 0.155 e. The molecule has 6 atom stereocenters. The molecule has 0 N–H and O–H groups in total. The molecular weight excluding hydrogens is 280 g/mol. The van der Waals surface area contributed by atoms with E-state index in [4.69, 9.17) is 0 Å². The molecule has 0 aromatic rings. The van der Waals surface area contributed by atoms with E-state index in [0.717, 1.165) is 42.4 Å². The molecule has 0 heterocycles. The summed E-state index contributed by atoms with van der Waals surface area (Å²) in [6.45, 7) is 10.0. The first-order valence-electron chi connectivity index (χ1n) is 10.1. The van der Waals surface area contributed by atoms with Gasteiger partial charge in [-0.1, -0.05) is 33.3 Å². The summed E-state index contributed by atoms with van der Waals surface area (Å²) >= 11 is 0. The predicted molar refractivity (Wildman–Crippen MR) is 95.0 cm³/mol. The lowest BCUT2D eigenvalue weighted by molar-refractivity contribution is -0.117. The van der Waals surface area contributed by atoms with Gasteiger partial charge in [0.25, 0.3) is 0 Å². The fourth-order valence-corrected chi connectivity index (χ4v) is 7.69. The molecule has 3 saturated carbocycles. The predicted octanol–water partition coefficient (Wildman–Crippen LogP) is 5.79. The van der Waals surface area contributed by atoms with Gasteiger partial charge in [0.15, 0.2) is 5.78 Å². The quantitative estimate of drug-likeness (QED) is 0.598. The molecule has 0 amide bonds. The number of hydrogen-bond donors (Lipinski definition) is 0. The van der Waals surface area contributed by atoms with Gasteiger partial charge >= 0.3 is 0 Å². The molecule has 23 heavy (non-hydrogen) atoms. The van der Waals surface area contributed by atoms with Crippen molar-refractivity contribution in [3.63, 3.8) is 0 Å². The molecule has 4 rings (SSSR count). The second-order valence-corrected chi connectivity index (χ2v) is 9.94. The Bertz CT molecular complexity index is 544. The van der Waals surface area contributed by atoms with Gasteiger partial charge in [0.05, 0.1) is 0 Å². The van der Waals surface area contributed by atoms with Crippen LogP contribution in [0.1, 0.15) is 79.1 Å². The van der Waals surface area contributed by atoms with Gasteiger partial charge in [-0.05, 0) is 91.4 Å². The second-order valence-electron chi connectivity index (χ2n) is 9.94. The number of rotatable bonds is 1. The maximum atomic E-state index is 11.9. The summed E-state index contributed by atoms with van der Waals surface area (Å²) in [5.74, 6) is 4.88. The van der Waals surface area contributed by atoms with Gasteiger partial charge in [-0.25, -0.2) is 0 Å². The molecule has 0 saturated heterocycles. The lowest BCUT2D eigenvalue weighted by atomic mass is 9.46. The van der Waals surface area contributed by atoms with E-state index in [1.165, 1.54) is 44.1 Å². The minimum Gasteiger partial charge on any atom is -0.295 e.